The lowest BCUT2D eigenvalue weighted by molar-refractivity contribution is 0.105. The van der Waals surface area contributed by atoms with Crippen molar-refractivity contribution < 1.29 is 0 Å². The van der Waals surface area contributed by atoms with E-state index in [4.69, 9.17) is 5.73 Å². The average molecular weight is 331 g/mol. The molecule has 0 aliphatic rings. The summed E-state index contributed by atoms with van der Waals surface area (Å²) in [5.74, 6) is 0. The molecule has 19 heavy (non-hydrogen) atoms. The summed E-state index contributed by atoms with van der Waals surface area (Å²) < 4.78 is 3.02. The zero-order valence-electron chi connectivity index (χ0n) is 13.0. The summed E-state index contributed by atoms with van der Waals surface area (Å²) in [5.41, 5.74) is 8.79. The molecule has 2 N–H and O–H groups in total. The zero-order valence-corrected chi connectivity index (χ0v) is 14.6. The highest BCUT2D eigenvalue weighted by atomic mass is 79.9. The molecule has 1 atom stereocenters. The fourth-order valence-electron chi connectivity index (χ4n) is 3.04. The van der Waals surface area contributed by atoms with Gasteiger partial charge in [-0.2, -0.15) is 5.10 Å². The second-order valence-corrected chi connectivity index (χ2v) is 6.28. The Morgan fingerprint density at radius 3 is 2.21 bits per heavy atom. The average Bonchev–Trinajstić information content (AvgIpc) is 2.58. The predicted octanol–water partition coefficient (Wildman–Crippen LogP) is 2.48. The number of likely N-dealkylation sites (N-methyl/N-ethyl adjacent to an activating group) is 1. The second kappa shape index (κ2) is 6.37. The van der Waals surface area contributed by atoms with E-state index in [1.54, 1.807) is 0 Å². The molecule has 0 aliphatic carbocycles. The van der Waals surface area contributed by atoms with Gasteiger partial charge >= 0.3 is 0 Å². The van der Waals surface area contributed by atoms with E-state index in [0.29, 0.717) is 0 Å². The number of hydrogen-bond acceptors (Lipinski definition) is 3. The van der Waals surface area contributed by atoms with Crippen LogP contribution < -0.4 is 5.73 Å². The lowest BCUT2D eigenvalue weighted by atomic mass is 9.81. The molecule has 0 saturated carbocycles. The van der Waals surface area contributed by atoms with Crippen LogP contribution in [0.1, 0.15) is 38.1 Å². The number of aryl methyl sites for hydroxylation is 2. The van der Waals surface area contributed by atoms with Crippen molar-refractivity contribution in [3.05, 3.63) is 15.9 Å². The van der Waals surface area contributed by atoms with E-state index in [0.717, 1.165) is 29.4 Å². The maximum absolute atomic E-state index is 6.55. The minimum absolute atomic E-state index is 0.0393. The van der Waals surface area contributed by atoms with Crippen molar-refractivity contribution in [2.24, 2.45) is 12.8 Å². The Labute approximate surface area is 125 Å². The summed E-state index contributed by atoms with van der Waals surface area (Å²) in [4.78, 5) is 2.27. The molecule has 4 nitrogen and oxygen atoms in total. The number of rotatable bonds is 6. The molecular weight excluding hydrogens is 304 g/mol. The van der Waals surface area contributed by atoms with Crippen LogP contribution in [0.2, 0.25) is 0 Å². The molecule has 0 aliphatic heterocycles. The molecule has 0 amide bonds. The first-order valence-corrected chi connectivity index (χ1v) is 7.70. The van der Waals surface area contributed by atoms with E-state index in [2.05, 4.69) is 53.9 Å². The lowest BCUT2D eigenvalue weighted by Gasteiger charge is -2.43. The van der Waals surface area contributed by atoms with E-state index in [1.807, 2.05) is 18.7 Å². The normalized spacial score (nSPS) is 14.2. The molecular formula is C14H27BrN4. The molecule has 0 radical (unpaired) electrons. The Balaban J connectivity index is 3.03. The number of aromatic nitrogens is 2. The second-order valence-electron chi connectivity index (χ2n) is 5.49. The van der Waals surface area contributed by atoms with Crippen molar-refractivity contribution in [2.45, 2.75) is 51.6 Å². The minimum atomic E-state index is 0.0393. The van der Waals surface area contributed by atoms with Crippen molar-refractivity contribution >= 4 is 15.9 Å². The van der Waals surface area contributed by atoms with Gasteiger partial charge in [0.15, 0.2) is 0 Å². The summed E-state index contributed by atoms with van der Waals surface area (Å²) in [7, 11) is 6.22. The molecule has 0 bridgehead atoms. The quantitative estimate of drug-likeness (QED) is 0.871. The number of nitrogens with two attached hydrogens (primary N) is 1. The molecule has 0 aromatic carbocycles. The van der Waals surface area contributed by atoms with Gasteiger partial charge in [0, 0.05) is 25.0 Å². The SMILES string of the molecule is CCC(CC)(C(N)Cc1c(Br)c(C)nn1C)N(C)C. The third kappa shape index (κ3) is 3.03. The van der Waals surface area contributed by atoms with Crippen molar-refractivity contribution in [2.75, 3.05) is 14.1 Å². The van der Waals surface area contributed by atoms with Crippen LogP contribution in [0, 0.1) is 6.92 Å². The van der Waals surface area contributed by atoms with Gasteiger partial charge in [-0.05, 0) is 49.8 Å². The summed E-state index contributed by atoms with van der Waals surface area (Å²) in [6.45, 7) is 6.44. The smallest absolute Gasteiger partial charge is 0.0738 e. The molecule has 110 valence electrons. The molecule has 1 heterocycles. The van der Waals surface area contributed by atoms with Gasteiger partial charge in [-0.1, -0.05) is 13.8 Å². The largest absolute Gasteiger partial charge is 0.326 e. The van der Waals surface area contributed by atoms with Gasteiger partial charge in [-0.15, -0.1) is 0 Å². The first kappa shape index (κ1) is 16.7. The summed E-state index contributed by atoms with van der Waals surface area (Å²) in [6.07, 6.45) is 2.93. The maximum atomic E-state index is 6.55. The summed E-state index contributed by atoms with van der Waals surface area (Å²) in [6, 6.07) is 0.0867. The monoisotopic (exact) mass is 330 g/mol. The van der Waals surface area contributed by atoms with E-state index in [-0.39, 0.29) is 11.6 Å². The molecule has 0 saturated heterocycles. The standard InChI is InChI=1S/C14H27BrN4/c1-7-14(8-2,18(4)5)12(16)9-11-13(15)10(3)17-19(11)6/h12H,7-9,16H2,1-6H3. The number of halogens is 1. The van der Waals surface area contributed by atoms with Crippen LogP contribution in [0.15, 0.2) is 4.47 Å². The van der Waals surface area contributed by atoms with E-state index in [9.17, 15) is 0 Å². The van der Waals surface area contributed by atoms with Crippen LogP contribution in [0.5, 0.6) is 0 Å². The van der Waals surface area contributed by atoms with Crippen molar-refractivity contribution in [3.8, 4) is 0 Å². The molecule has 1 unspecified atom stereocenters. The van der Waals surface area contributed by atoms with Gasteiger partial charge in [0.25, 0.3) is 0 Å². The highest BCUT2D eigenvalue weighted by molar-refractivity contribution is 9.10. The maximum Gasteiger partial charge on any atom is 0.0738 e. The Morgan fingerprint density at radius 2 is 1.89 bits per heavy atom. The van der Waals surface area contributed by atoms with E-state index in [1.165, 1.54) is 5.69 Å². The summed E-state index contributed by atoms with van der Waals surface area (Å²) in [5, 5.41) is 4.44. The molecule has 0 fully saturated rings. The zero-order chi connectivity index (χ0) is 14.8. The first-order valence-electron chi connectivity index (χ1n) is 6.91. The Kier molecular flexibility index (Phi) is 5.59. The third-order valence-corrected chi connectivity index (χ3v) is 5.51. The third-order valence-electron chi connectivity index (χ3n) is 4.48. The van der Waals surface area contributed by atoms with Gasteiger partial charge in [0.1, 0.15) is 0 Å². The van der Waals surface area contributed by atoms with Crippen molar-refractivity contribution in [1.29, 1.82) is 0 Å². The fourth-order valence-corrected chi connectivity index (χ4v) is 3.54. The van der Waals surface area contributed by atoms with Crippen LogP contribution in [-0.2, 0) is 13.5 Å². The fraction of sp³-hybridized carbons (Fsp3) is 0.786. The number of hydrogen-bond donors (Lipinski definition) is 1. The summed E-state index contributed by atoms with van der Waals surface area (Å²) >= 11 is 3.62. The van der Waals surface area contributed by atoms with E-state index < -0.39 is 0 Å². The Morgan fingerprint density at radius 1 is 1.37 bits per heavy atom. The van der Waals surface area contributed by atoms with Crippen LogP contribution >= 0.6 is 15.9 Å². The molecule has 1 aromatic heterocycles. The van der Waals surface area contributed by atoms with Gasteiger partial charge in [0.2, 0.25) is 0 Å². The van der Waals surface area contributed by atoms with Crippen LogP contribution in [0.4, 0.5) is 0 Å². The topological polar surface area (TPSA) is 47.1 Å². The first-order chi connectivity index (χ1) is 8.80. The van der Waals surface area contributed by atoms with Gasteiger partial charge < -0.3 is 10.6 Å². The molecule has 5 heteroatoms. The highest BCUT2D eigenvalue weighted by Gasteiger charge is 2.36. The van der Waals surface area contributed by atoms with E-state index >= 15 is 0 Å². The van der Waals surface area contributed by atoms with Gasteiger partial charge in [0.05, 0.1) is 15.9 Å². The minimum Gasteiger partial charge on any atom is -0.326 e. The highest BCUT2D eigenvalue weighted by Crippen LogP contribution is 2.29. The predicted molar refractivity (Wildman–Crippen MR) is 84.3 cm³/mol. The van der Waals surface area contributed by atoms with Crippen molar-refractivity contribution in [1.82, 2.24) is 14.7 Å². The molecule has 1 aromatic rings. The van der Waals surface area contributed by atoms with Crippen LogP contribution in [0.25, 0.3) is 0 Å². The number of nitrogens with zero attached hydrogens (tertiary/aromatic N) is 3. The Hall–Kier alpha value is -0.390. The van der Waals surface area contributed by atoms with Crippen LogP contribution in [-0.4, -0.2) is 40.4 Å². The van der Waals surface area contributed by atoms with Crippen LogP contribution in [0.3, 0.4) is 0 Å². The molecule has 0 spiro atoms. The molecule has 1 rings (SSSR count). The van der Waals surface area contributed by atoms with Gasteiger partial charge in [-0.3, -0.25) is 4.68 Å². The van der Waals surface area contributed by atoms with Gasteiger partial charge in [-0.25, -0.2) is 0 Å². The lowest BCUT2D eigenvalue weighted by Crippen LogP contribution is -2.57. The Bertz CT molecular complexity index is 421. The van der Waals surface area contributed by atoms with Crippen molar-refractivity contribution in [3.63, 3.8) is 0 Å².